The second-order valence-electron chi connectivity index (χ2n) is 6.20. The first-order valence-corrected chi connectivity index (χ1v) is 8.93. The molecule has 0 aromatic heterocycles. The summed E-state index contributed by atoms with van der Waals surface area (Å²) in [5.74, 6) is 3.95. The van der Waals surface area contributed by atoms with Gasteiger partial charge in [-0.3, -0.25) is 0 Å². The van der Waals surface area contributed by atoms with Crippen molar-refractivity contribution in [3.63, 3.8) is 0 Å². The van der Waals surface area contributed by atoms with Crippen LogP contribution in [0.15, 0.2) is 40.9 Å². The fourth-order valence-corrected chi connectivity index (χ4v) is 3.18. The highest BCUT2D eigenvalue weighted by atomic mass is 32.1. The van der Waals surface area contributed by atoms with Gasteiger partial charge in [-0.05, 0) is 54.7 Å². The van der Waals surface area contributed by atoms with Crippen LogP contribution in [-0.4, -0.2) is 5.16 Å². The van der Waals surface area contributed by atoms with Crippen LogP contribution in [0.5, 0.6) is 0 Å². The first kappa shape index (κ1) is 18.2. The molecule has 2 aromatic rings. The maximum absolute atomic E-state index is 14.1. The van der Waals surface area contributed by atoms with E-state index in [1.54, 1.807) is 0 Å². The summed E-state index contributed by atoms with van der Waals surface area (Å²) in [6.07, 6.45) is 6.56. The van der Waals surface area contributed by atoms with E-state index >= 15 is 0 Å². The molecular weight excluding hydrogens is 348 g/mol. The molecule has 0 aliphatic heterocycles. The van der Waals surface area contributed by atoms with E-state index in [-0.39, 0.29) is 11.3 Å². The van der Waals surface area contributed by atoms with Crippen molar-refractivity contribution in [1.29, 1.82) is 0 Å². The number of benzene rings is 2. The second kappa shape index (κ2) is 8.19. The lowest BCUT2D eigenvalue weighted by Gasteiger charge is -2.16. The minimum absolute atomic E-state index is 0.0870. The summed E-state index contributed by atoms with van der Waals surface area (Å²) < 4.78 is 28.1. The number of rotatable bonds is 3. The molecule has 0 saturated carbocycles. The van der Waals surface area contributed by atoms with E-state index in [1.165, 1.54) is 16.7 Å². The molecule has 0 fully saturated rings. The maximum Gasteiger partial charge on any atom is 0.143 e. The third-order valence-electron chi connectivity index (χ3n) is 4.32. The molecule has 0 atom stereocenters. The summed E-state index contributed by atoms with van der Waals surface area (Å²) in [5.41, 5.74) is 4.48. The van der Waals surface area contributed by atoms with Crippen molar-refractivity contribution < 1.29 is 8.78 Å². The van der Waals surface area contributed by atoms with Crippen LogP contribution < -0.4 is 0 Å². The van der Waals surface area contributed by atoms with E-state index in [0.717, 1.165) is 43.4 Å². The lowest BCUT2D eigenvalue weighted by atomic mass is 9.89. The van der Waals surface area contributed by atoms with Crippen LogP contribution in [-0.2, 0) is 6.42 Å². The van der Waals surface area contributed by atoms with Gasteiger partial charge >= 0.3 is 0 Å². The van der Waals surface area contributed by atoms with Gasteiger partial charge in [0.05, 0.1) is 16.4 Å². The quantitative estimate of drug-likeness (QED) is 0.357. The highest BCUT2D eigenvalue weighted by Gasteiger charge is 2.11. The molecule has 4 heteroatoms. The highest BCUT2D eigenvalue weighted by Crippen LogP contribution is 2.27. The Morgan fingerprint density at radius 1 is 1.08 bits per heavy atom. The van der Waals surface area contributed by atoms with Gasteiger partial charge in [0.25, 0.3) is 0 Å². The molecule has 26 heavy (non-hydrogen) atoms. The van der Waals surface area contributed by atoms with Gasteiger partial charge in [-0.1, -0.05) is 42.9 Å². The average molecular weight is 365 g/mol. The van der Waals surface area contributed by atoms with E-state index in [2.05, 4.69) is 47.2 Å². The second-order valence-corrected chi connectivity index (χ2v) is 6.39. The zero-order chi connectivity index (χ0) is 18.5. The zero-order valence-corrected chi connectivity index (χ0v) is 15.2. The molecular formula is C22H17F2NS. The summed E-state index contributed by atoms with van der Waals surface area (Å²) in [5, 5.41) is 2.09. The number of allylic oxidation sites excluding steroid dienone is 1. The monoisotopic (exact) mass is 365 g/mol. The topological polar surface area (TPSA) is 12.4 Å². The van der Waals surface area contributed by atoms with Crippen molar-refractivity contribution in [2.75, 3.05) is 0 Å². The SMILES string of the molecule is CCCC1=Cc2ccc(C#Cc3c(F)cc(N=C=S)cc3F)cc2CC1. The van der Waals surface area contributed by atoms with Gasteiger partial charge in [0.15, 0.2) is 0 Å². The van der Waals surface area contributed by atoms with Crippen molar-refractivity contribution in [3.05, 3.63) is 69.8 Å². The fraction of sp³-hybridized carbons (Fsp3) is 0.227. The van der Waals surface area contributed by atoms with Crippen molar-refractivity contribution in [2.24, 2.45) is 4.99 Å². The third kappa shape index (κ3) is 4.14. The highest BCUT2D eigenvalue weighted by molar-refractivity contribution is 7.78. The van der Waals surface area contributed by atoms with E-state index in [9.17, 15) is 8.78 Å². The Morgan fingerprint density at radius 2 is 1.85 bits per heavy atom. The first-order valence-electron chi connectivity index (χ1n) is 8.52. The number of halogens is 2. The van der Waals surface area contributed by atoms with Crippen LogP contribution in [0.4, 0.5) is 14.5 Å². The Hall–Kier alpha value is -2.60. The molecule has 0 unspecified atom stereocenters. The van der Waals surface area contributed by atoms with Gasteiger partial charge in [-0.25, -0.2) is 8.78 Å². The van der Waals surface area contributed by atoms with Crippen LogP contribution >= 0.6 is 12.2 Å². The van der Waals surface area contributed by atoms with E-state index < -0.39 is 11.6 Å². The zero-order valence-electron chi connectivity index (χ0n) is 14.4. The van der Waals surface area contributed by atoms with Crippen molar-refractivity contribution in [2.45, 2.75) is 32.6 Å². The third-order valence-corrected chi connectivity index (χ3v) is 4.41. The Morgan fingerprint density at radius 3 is 2.54 bits per heavy atom. The Balaban J connectivity index is 1.89. The van der Waals surface area contributed by atoms with Crippen LogP contribution in [0.25, 0.3) is 6.08 Å². The molecule has 0 N–H and O–H groups in total. The fourth-order valence-electron chi connectivity index (χ4n) is 3.08. The van der Waals surface area contributed by atoms with Crippen LogP contribution in [0.3, 0.4) is 0 Å². The largest absolute Gasteiger partial charge is 0.205 e. The summed E-state index contributed by atoms with van der Waals surface area (Å²) in [7, 11) is 0. The smallest absolute Gasteiger partial charge is 0.143 e. The predicted molar refractivity (Wildman–Crippen MR) is 105 cm³/mol. The van der Waals surface area contributed by atoms with E-state index in [0.29, 0.717) is 0 Å². The Bertz CT molecular complexity index is 966. The molecule has 0 amide bonds. The molecule has 2 aromatic carbocycles. The lowest BCUT2D eigenvalue weighted by Crippen LogP contribution is -2.00. The molecule has 1 aliphatic carbocycles. The number of fused-ring (bicyclic) bond motifs is 1. The summed E-state index contributed by atoms with van der Waals surface area (Å²) in [6.45, 7) is 2.18. The molecule has 0 heterocycles. The molecule has 3 rings (SSSR count). The number of hydrogen-bond acceptors (Lipinski definition) is 2. The van der Waals surface area contributed by atoms with Gasteiger partial charge in [-0.2, -0.15) is 4.99 Å². The molecule has 0 saturated heterocycles. The molecule has 0 radical (unpaired) electrons. The minimum Gasteiger partial charge on any atom is -0.205 e. The lowest BCUT2D eigenvalue weighted by molar-refractivity contribution is 0.578. The number of hydrogen-bond donors (Lipinski definition) is 0. The standard InChI is InChI=1S/C22H17F2NS/c1-2-3-15-4-7-18-11-16(5-8-17(18)10-15)6-9-20-21(23)12-19(25-14-26)13-22(20)24/h5,8,10-13H,2-4,7H2,1H3. The Labute approximate surface area is 157 Å². The number of nitrogens with zero attached hydrogens (tertiary/aromatic N) is 1. The molecule has 1 nitrogen and oxygen atoms in total. The van der Waals surface area contributed by atoms with Crippen LogP contribution in [0.2, 0.25) is 0 Å². The van der Waals surface area contributed by atoms with E-state index in [1.807, 2.05) is 18.2 Å². The molecule has 130 valence electrons. The molecule has 0 bridgehead atoms. The van der Waals surface area contributed by atoms with Gasteiger partial charge in [0, 0.05) is 17.7 Å². The molecule has 1 aliphatic rings. The van der Waals surface area contributed by atoms with Gasteiger partial charge < -0.3 is 0 Å². The number of aryl methyl sites for hydroxylation is 1. The predicted octanol–water partition coefficient (Wildman–Crippen LogP) is 6.23. The number of thiocarbonyl (C=S) groups is 1. The van der Waals surface area contributed by atoms with Crippen molar-refractivity contribution in [1.82, 2.24) is 0 Å². The van der Waals surface area contributed by atoms with Crippen LogP contribution in [0, 0.1) is 23.5 Å². The van der Waals surface area contributed by atoms with Gasteiger partial charge in [0.2, 0.25) is 0 Å². The number of isothiocyanates is 1. The summed E-state index contributed by atoms with van der Waals surface area (Å²) >= 11 is 4.45. The summed E-state index contributed by atoms with van der Waals surface area (Å²) in [4.78, 5) is 3.59. The van der Waals surface area contributed by atoms with Crippen molar-refractivity contribution in [3.8, 4) is 11.8 Å². The van der Waals surface area contributed by atoms with Crippen LogP contribution in [0.1, 0.15) is 48.4 Å². The summed E-state index contributed by atoms with van der Waals surface area (Å²) in [6, 6.07) is 8.11. The van der Waals surface area contributed by atoms with Gasteiger partial charge in [-0.15, -0.1) is 0 Å². The normalized spacial score (nSPS) is 12.3. The molecule has 0 spiro atoms. The first-order chi connectivity index (χ1) is 12.6. The van der Waals surface area contributed by atoms with Gasteiger partial charge in [0.1, 0.15) is 11.6 Å². The number of aliphatic imine (C=N–C) groups is 1. The Kier molecular flexibility index (Phi) is 5.73. The maximum atomic E-state index is 14.1. The van der Waals surface area contributed by atoms with E-state index in [4.69, 9.17) is 0 Å². The average Bonchev–Trinajstić information content (AvgIpc) is 2.61. The van der Waals surface area contributed by atoms with Crippen molar-refractivity contribution >= 4 is 29.1 Å². The minimum atomic E-state index is -0.758.